The summed E-state index contributed by atoms with van der Waals surface area (Å²) in [6, 6.07) is 8.65. The maximum absolute atomic E-state index is 13.9. The molecule has 0 radical (unpaired) electrons. The lowest BCUT2D eigenvalue weighted by atomic mass is 10.2. The Morgan fingerprint density at radius 2 is 2.32 bits per heavy atom. The molecule has 1 aliphatic rings. The van der Waals surface area contributed by atoms with Gasteiger partial charge in [0.2, 0.25) is 5.91 Å². The molecule has 1 saturated heterocycles. The van der Waals surface area contributed by atoms with Crippen molar-refractivity contribution < 1.29 is 13.9 Å². The maximum atomic E-state index is 13.9. The molecular formula is C18H20BrFN2O2S. The van der Waals surface area contributed by atoms with Crippen LogP contribution in [-0.2, 0) is 16.1 Å². The van der Waals surface area contributed by atoms with Crippen LogP contribution < -0.4 is 5.32 Å². The van der Waals surface area contributed by atoms with Gasteiger partial charge in [-0.2, -0.15) is 0 Å². The summed E-state index contributed by atoms with van der Waals surface area (Å²) in [7, 11) is 0. The number of carbonyl (C=O) groups excluding carboxylic acids is 1. The van der Waals surface area contributed by atoms with Crippen molar-refractivity contribution in [1.82, 2.24) is 4.90 Å². The van der Waals surface area contributed by atoms with E-state index in [2.05, 4.69) is 32.2 Å². The standard InChI is InChI=1S/C18H20BrFN2O2S/c19-13-5-6-17(16(20)9-13)21-18(23)12-22(10-14-3-1-7-24-14)11-15-4-2-8-25-15/h2,4-6,8-9,14H,1,3,7,10-12H2,(H,21,23)/t14-/m1/s1. The highest BCUT2D eigenvalue weighted by Gasteiger charge is 2.21. The van der Waals surface area contributed by atoms with Gasteiger partial charge in [-0.15, -0.1) is 11.3 Å². The minimum Gasteiger partial charge on any atom is -0.377 e. The van der Waals surface area contributed by atoms with Crippen molar-refractivity contribution in [2.75, 3.05) is 25.0 Å². The molecule has 0 bridgehead atoms. The lowest BCUT2D eigenvalue weighted by Crippen LogP contribution is -2.37. The highest BCUT2D eigenvalue weighted by Crippen LogP contribution is 2.20. The average Bonchev–Trinajstić information content (AvgIpc) is 3.24. The molecule has 0 unspecified atom stereocenters. The number of nitrogens with zero attached hydrogens (tertiary/aromatic N) is 1. The van der Waals surface area contributed by atoms with Crippen LogP contribution in [0.5, 0.6) is 0 Å². The van der Waals surface area contributed by atoms with Crippen molar-refractivity contribution in [3.8, 4) is 0 Å². The summed E-state index contributed by atoms with van der Waals surface area (Å²) in [5.74, 6) is -0.678. The fourth-order valence-electron chi connectivity index (χ4n) is 2.87. The van der Waals surface area contributed by atoms with Gasteiger partial charge in [0.25, 0.3) is 0 Å². The molecule has 0 saturated carbocycles. The first-order valence-electron chi connectivity index (χ1n) is 8.21. The van der Waals surface area contributed by atoms with Crippen LogP contribution in [-0.4, -0.2) is 36.6 Å². The second kappa shape index (κ2) is 8.89. The molecule has 2 aromatic rings. The van der Waals surface area contributed by atoms with Gasteiger partial charge in [0, 0.05) is 29.0 Å². The van der Waals surface area contributed by atoms with Crippen LogP contribution in [0.25, 0.3) is 0 Å². The summed E-state index contributed by atoms with van der Waals surface area (Å²) in [6.07, 6.45) is 2.25. The molecule has 1 aromatic heterocycles. The molecule has 2 heterocycles. The second-order valence-electron chi connectivity index (χ2n) is 6.06. The summed E-state index contributed by atoms with van der Waals surface area (Å²) in [6.45, 7) is 2.38. The number of hydrogen-bond acceptors (Lipinski definition) is 4. The largest absolute Gasteiger partial charge is 0.377 e. The molecule has 1 aromatic carbocycles. The first-order valence-corrected chi connectivity index (χ1v) is 9.88. The number of nitrogens with one attached hydrogen (secondary N) is 1. The summed E-state index contributed by atoms with van der Waals surface area (Å²) in [5, 5.41) is 4.68. The molecule has 25 heavy (non-hydrogen) atoms. The number of halogens is 2. The minimum absolute atomic E-state index is 0.164. The van der Waals surface area contributed by atoms with Gasteiger partial charge in [0.15, 0.2) is 0 Å². The van der Waals surface area contributed by atoms with Gasteiger partial charge < -0.3 is 10.1 Å². The van der Waals surface area contributed by atoms with E-state index in [4.69, 9.17) is 4.74 Å². The Labute approximate surface area is 159 Å². The van der Waals surface area contributed by atoms with Crippen LogP contribution in [0.15, 0.2) is 40.2 Å². The van der Waals surface area contributed by atoms with Crippen molar-refractivity contribution in [1.29, 1.82) is 0 Å². The summed E-state index contributed by atoms with van der Waals surface area (Å²) >= 11 is 4.88. The predicted molar refractivity (Wildman–Crippen MR) is 101 cm³/mol. The number of anilines is 1. The monoisotopic (exact) mass is 426 g/mol. The predicted octanol–water partition coefficient (Wildman–Crippen LogP) is 4.27. The van der Waals surface area contributed by atoms with Gasteiger partial charge in [-0.3, -0.25) is 9.69 Å². The molecular weight excluding hydrogens is 407 g/mol. The van der Waals surface area contributed by atoms with E-state index < -0.39 is 5.82 Å². The third-order valence-corrected chi connectivity index (χ3v) is 5.37. The number of benzene rings is 1. The van der Waals surface area contributed by atoms with Crippen molar-refractivity contribution in [3.63, 3.8) is 0 Å². The number of amides is 1. The smallest absolute Gasteiger partial charge is 0.238 e. The second-order valence-corrected chi connectivity index (χ2v) is 8.00. The van der Waals surface area contributed by atoms with Crippen LogP contribution in [0.3, 0.4) is 0 Å². The Morgan fingerprint density at radius 1 is 1.44 bits per heavy atom. The van der Waals surface area contributed by atoms with Gasteiger partial charge in [0.1, 0.15) is 5.82 Å². The van der Waals surface area contributed by atoms with Gasteiger partial charge in [-0.25, -0.2) is 4.39 Å². The highest BCUT2D eigenvalue weighted by atomic mass is 79.9. The molecule has 7 heteroatoms. The van der Waals surface area contributed by atoms with Crippen molar-refractivity contribution >= 4 is 38.9 Å². The lowest BCUT2D eigenvalue weighted by Gasteiger charge is -2.24. The summed E-state index contributed by atoms with van der Waals surface area (Å²) in [5.41, 5.74) is 0.196. The average molecular weight is 427 g/mol. The van der Waals surface area contributed by atoms with Crippen LogP contribution in [0.2, 0.25) is 0 Å². The topological polar surface area (TPSA) is 41.6 Å². The number of hydrogen-bond donors (Lipinski definition) is 1. The molecule has 1 amide bonds. The molecule has 1 aliphatic heterocycles. The highest BCUT2D eigenvalue weighted by molar-refractivity contribution is 9.10. The van der Waals surface area contributed by atoms with Gasteiger partial charge in [-0.1, -0.05) is 22.0 Å². The Hall–Kier alpha value is -1.28. The molecule has 3 rings (SSSR count). The number of ether oxygens (including phenoxy) is 1. The quantitative estimate of drug-likeness (QED) is 0.718. The summed E-state index contributed by atoms with van der Waals surface area (Å²) < 4.78 is 20.2. The molecule has 134 valence electrons. The molecule has 1 atom stereocenters. The Morgan fingerprint density at radius 3 is 3.00 bits per heavy atom. The molecule has 1 N–H and O–H groups in total. The number of carbonyl (C=O) groups is 1. The normalized spacial score (nSPS) is 17.2. The number of rotatable bonds is 7. The van der Waals surface area contributed by atoms with E-state index >= 15 is 0 Å². The van der Waals surface area contributed by atoms with Crippen molar-refractivity contribution in [3.05, 3.63) is 50.9 Å². The van der Waals surface area contributed by atoms with Crippen LogP contribution >= 0.6 is 27.3 Å². The van der Waals surface area contributed by atoms with Crippen LogP contribution in [0.4, 0.5) is 10.1 Å². The minimum atomic E-state index is -0.452. The SMILES string of the molecule is O=C(CN(Cc1cccs1)C[C@H]1CCCO1)Nc1ccc(Br)cc1F. The third-order valence-electron chi connectivity index (χ3n) is 4.02. The number of thiophene rings is 1. The van der Waals surface area contributed by atoms with E-state index in [1.165, 1.54) is 10.9 Å². The van der Waals surface area contributed by atoms with E-state index in [-0.39, 0.29) is 24.2 Å². The Kier molecular flexibility index (Phi) is 6.58. The fourth-order valence-corrected chi connectivity index (χ4v) is 3.95. The van der Waals surface area contributed by atoms with Crippen LogP contribution in [0.1, 0.15) is 17.7 Å². The van der Waals surface area contributed by atoms with Crippen molar-refractivity contribution in [2.45, 2.75) is 25.5 Å². The maximum Gasteiger partial charge on any atom is 0.238 e. The van der Waals surface area contributed by atoms with Gasteiger partial charge in [0.05, 0.1) is 18.3 Å². The zero-order valence-electron chi connectivity index (χ0n) is 13.7. The molecule has 0 spiro atoms. The van der Waals surface area contributed by atoms with E-state index in [0.29, 0.717) is 17.6 Å². The van der Waals surface area contributed by atoms with Gasteiger partial charge in [-0.05, 0) is 42.5 Å². The Bertz CT molecular complexity index is 705. The zero-order valence-corrected chi connectivity index (χ0v) is 16.1. The Balaban J connectivity index is 1.62. The zero-order chi connectivity index (χ0) is 17.6. The van der Waals surface area contributed by atoms with E-state index in [0.717, 1.165) is 19.4 Å². The van der Waals surface area contributed by atoms with E-state index in [1.807, 2.05) is 11.4 Å². The van der Waals surface area contributed by atoms with Crippen LogP contribution in [0, 0.1) is 5.82 Å². The van der Waals surface area contributed by atoms with Gasteiger partial charge >= 0.3 is 0 Å². The fraction of sp³-hybridized carbons (Fsp3) is 0.389. The molecule has 0 aliphatic carbocycles. The summed E-state index contributed by atoms with van der Waals surface area (Å²) in [4.78, 5) is 15.7. The van der Waals surface area contributed by atoms with Crippen molar-refractivity contribution in [2.24, 2.45) is 0 Å². The third kappa shape index (κ3) is 5.60. The molecule has 4 nitrogen and oxygen atoms in total. The van der Waals surface area contributed by atoms with E-state index in [1.54, 1.807) is 23.5 Å². The van der Waals surface area contributed by atoms with E-state index in [9.17, 15) is 9.18 Å². The first kappa shape index (κ1) is 18.5. The first-order chi connectivity index (χ1) is 12.1. The lowest BCUT2D eigenvalue weighted by molar-refractivity contribution is -0.117. The molecule has 1 fully saturated rings.